The molecule has 0 atom stereocenters. The van der Waals surface area contributed by atoms with E-state index in [-0.39, 0.29) is 5.91 Å². The van der Waals surface area contributed by atoms with Crippen LogP contribution in [0.25, 0.3) is 11.4 Å². The first-order valence-electron chi connectivity index (χ1n) is 7.88. The van der Waals surface area contributed by atoms with Crippen molar-refractivity contribution >= 4 is 11.6 Å². The molecule has 1 amide bonds. The summed E-state index contributed by atoms with van der Waals surface area (Å²) >= 11 is 0. The van der Waals surface area contributed by atoms with Crippen LogP contribution >= 0.6 is 0 Å². The number of ether oxygens (including phenoxy) is 2. The highest BCUT2D eigenvalue weighted by atomic mass is 16.6. The number of benzene rings is 2. The first kappa shape index (κ1) is 15.1. The lowest BCUT2D eigenvalue weighted by atomic mass is 10.2. The van der Waals surface area contributed by atoms with E-state index in [0.717, 1.165) is 5.56 Å². The zero-order valence-corrected chi connectivity index (χ0v) is 13.3. The van der Waals surface area contributed by atoms with Crippen LogP contribution in [0.15, 0.2) is 60.9 Å². The quantitative estimate of drug-likeness (QED) is 0.797. The third-order valence-corrected chi connectivity index (χ3v) is 3.75. The van der Waals surface area contributed by atoms with Crippen LogP contribution in [0.4, 0.5) is 5.69 Å². The largest absolute Gasteiger partial charge is 0.486 e. The van der Waals surface area contributed by atoms with E-state index in [0.29, 0.717) is 41.8 Å². The molecule has 1 aromatic heterocycles. The predicted octanol–water partition coefficient (Wildman–Crippen LogP) is 3.17. The number of aromatic nitrogens is 2. The molecular formula is C19H15N3O3. The number of hydrogen-bond acceptors (Lipinski definition) is 5. The Hall–Kier alpha value is -3.41. The van der Waals surface area contributed by atoms with Gasteiger partial charge in [-0.05, 0) is 18.2 Å². The van der Waals surface area contributed by atoms with Crippen LogP contribution in [-0.4, -0.2) is 29.1 Å². The monoisotopic (exact) mass is 333 g/mol. The molecule has 2 aromatic carbocycles. The number of anilines is 1. The second-order valence-corrected chi connectivity index (χ2v) is 5.47. The number of amides is 1. The average Bonchev–Trinajstić information content (AvgIpc) is 2.69. The molecule has 1 aliphatic heterocycles. The predicted molar refractivity (Wildman–Crippen MR) is 92.9 cm³/mol. The second kappa shape index (κ2) is 6.60. The number of carbonyl (C=O) groups is 1. The van der Waals surface area contributed by atoms with Crippen molar-refractivity contribution in [2.45, 2.75) is 0 Å². The van der Waals surface area contributed by atoms with Gasteiger partial charge in [-0.3, -0.25) is 4.79 Å². The molecule has 25 heavy (non-hydrogen) atoms. The third kappa shape index (κ3) is 3.28. The Morgan fingerprint density at radius 2 is 1.64 bits per heavy atom. The Morgan fingerprint density at radius 3 is 2.40 bits per heavy atom. The molecule has 0 radical (unpaired) electrons. The minimum Gasteiger partial charge on any atom is -0.486 e. The topological polar surface area (TPSA) is 73.3 Å². The normalized spacial score (nSPS) is 12.5. The molecule has 0 bridgehead atoms. The molecule has 0 saturated carbocycles. The van der Waals surface area contributed by atoms with E-state index < -0.39 is 0 Å². The summed E-state index contributed by atoms with van der Waals surface area (Å²) < 4.78 is 11.0. The van der Waals surface area contributed by atoms with Gasteiger partial charge in [0.1, 0.15) is 13.2 Å². The van der Waals surface area contributed by atoms with Crippen molar-refractivity contribution in [3.63, 3.8) is 0 Å². The highest BCUT2D eigenvalue weighted by Crippen LogP contribution is 2.30. The average molecular weight is 333 g/mol. The number of carbonyl (C=O) groups excluding carboxylic acids is 1. The van der Waals surface area contributed by atoms with Gasteiger partial charge in [-0.1, -0.05) is 30.3 Å². The van der Waals surface area contributed by atoms with Crippen molar-refractivity contribution in [3.05, 3.63) is 66.5 Å². The Labute approximate surface area is 144 Å². The zero-order chi connectivity index (χ0) is 17.1. The SMILES string of the molecule is O=C(Nc1cnc(-c2ccccc2)nc1)c1ccc2c(c1)OCCO2. The first-order valence-corrected chi connectivity index (χ1v) is 7.88. The Morgan fingerprint density at radius 1 is 0.920 bits per heavy atom. The van der Waals surface area contributed by atoms with E-state index in [1.54, 1.807) is 30.6 Å². The van der Waals surface area contributed by atoms with Gasteiger partial charge in [0.25, 0.3) is 5.91 Å². The molecule has 0 spiro atoms. The molecule has 6 nitrogen and oxygen atoms in total. The van der Waals surface area contributed by atoms with Crippen molar-refractivity contribution in [3.8, 4) is 22.9 Å². The molecule has 0 saturated heterocycles. The van der Waals surface area contributed by atoms with Crippen molar-refractivity contribution in [2.24, 2.45) is 0 Å². The Bertz CT molecular complexity index is 896. The highest BCUT2D eigenvalue weighted by Gasteiger charge is 2.15. The van der Waals surface area contributed by atoms with Gasteiger partial charge in [-0.15, -0.1) is 0 Å². The van der Waals surface area contributed by atoms with Crippen molar-refractivity contribution < 1.29 is 14.3 Å². The molecule has 1 N–H and O–H groups in total. The fourth-order valence-corrected chi connectivity index (χ4v) is 2.52. The summed E-state index contributed by atoms with van der Waals surface area (Å²) in [6.45, 7) is 0.997. The number of nitrogens with zero attached hydrogens (tertiary/aromatic N) is 2. The molecule has 124 valence electrons. The van der Waals surface area contributed by atoms with Crippen LogP contribution in [0.3, 0.4) is 0 Å². The summed E-state index contributed by atoms with van der Waals surface area (Å²) in [7, 11) is 0. The fraction of sp³-hybridized carbons (Fsp3) is 0.105. The number of hydrogen-bond donors (Lipinski definition) is 1. The molecule has 4 rings (SSSR count). The smallest absolute Gasteiger partial charge is 0.255 e. The molecule has 1 aliphatic rings. The van der Waals surface area contributed by atoms with Crippen molar-refractivity contribution in [1.29, 1.82) is 0 Å². The fourth-order valence-electron chi connectivity index (χ4n) is 2.52. The third-order valence-electron chi connectivity index (χ3n) is 3.75. The lowest BCUT2D eigenvalue weighted by molar-refractivity contribution is 0.102. The van der Waals surface area contributed by atoms with Gasteiger partial charge in [0.15, 0.2) is 17.3 Å². The van der Waals surface area contributed by atoms with E-state index in [9.17, 15) is 4.79 Å². The van der Waals surface area contributed by atoms with E-state index >= 15 is 0 Å². The standard InChI is InChI=1S/C19H15N3O3/c23-19(14-6-7-16-17(10-14)25-9-8-24-16)22-15-11-20-18(21-12-15)13-4-2-1-3-5-13/h1-7,10-12H,8-9H2,(H,22,23). The van der Waals surface area contributed by atoms with Gasteiger partial charge in [0.05, 0.1) is 18.1 Å². The minimum atomic E-state index is -0.256. The van der Waals surface area contributed by atoms with Crippen molar-refractivity contribution in [1.82, 2.24) is 9.97 Å². The summed E-state index contributed by atoms with van der Waals surface area (Å²) in [5, 5.41) is 2.78. The van der Waals surface area contributed by atoms with Gasteiger partial charge in [0, 0.05) is 11.1 Å². The van der Waals surface area contributed by atoms with Gasteiger partial charge < -0.3 is 14.8 Å². The summed E-state index contributed by atoms with van der Waals surface area (Å²) in [4.78, 5) is 21.0. The van der Waals surface area contributed by atoms with Crippen LogP contribution in [0.5, 0.6) is 11.5 Å². The molecule has 0 fully saturated rings. The maximum Gasteiger partial charge on any atom is 0.255 e. The molecule has 3 aromatic rings. The molecular weight excluding hydrogens is 318 g/mol. The Balaban J connectivity index is 1.49. The van der Waals surface area contributed by atoms with Crippen LogP contribution < -0.4 is 14.8 Å². The van der Waals surface area contributed by atoms with Crippen LogP contribution in [-0.2, 0) is 0 Å². The zero-order valence-electron chi connectivity index (χ0n) is 13.3. The van der Waals surface area contributed by atoms with E-state index in [2.05, 4.69) is 15.3 Å². The molecule has 0 aliphatic carbocycles. The van der Waals surface area contributed by atoms with Crippen molar-refractivity contribution in [2.75, 3.05) is 18.5 Å². The summed E-state index contributed by atoms with van der Waals surface area (Å²) in [6, 6.07) is 14.8. The molecule has 2 heterocycles. The van der Waals surface area contributed by atoms with Gasteiger partial charge in [-0.2, -0.15) is 0 Å². The van der Waals surface area contributed by atoms with Crippen LogP contribution in [0.2, 0.25) is 0 Å². The number of nitrogens with one attached hydrogen (secondary N) is 1. The Kier molecular flexibility index (Phi) is 4.00. The van der Waals surface area contributed by atoms with Gasteiger partial charge in [0.2, 0.25) is 0 Å². The summed E-state index contributed by atoms with van der Waals surface area (Å²) in [6.07, 6.45) is 3.18. The highest BCUT2D eigenvalue weighted by molar-refractivity contribution is 6.04. The van der Waals surface area contributed by atoms with Crippen LogP contribution in [0.1, 0.15) is 10.4 Å². The lowest BCUT2D eigenvalue weighted by Gasteiger charge is -2.18. The molecule has 0 unspecified atom stereocenters. The second-order valence-electron chi connectivity index (χ2n) is 5.47. The molecule has 6 heteroatoms. The maximum absolute atomic E-state index is 12.4. The number of rotatable bonds is 3. The lowest BCUT2D eigenvalue weighted by Crippen LogP contribution is -2.17. The number of fused-ring (bicyclic) bond motifs is 1. The van der Waals surface area contributed by atoms with E-state index in [1.165, 1.54) is 0 Å². The van der Waals surface area contributed by atoms with E-state index in [1.807, 2.05) is 30.3 Å². The maximum atomic E-state index is 12.4. The van der Waals surface area contributed by atoms with Gasteiger partial charge in [-0.25, -0.2) is 9.97 Å². The van der Waals surface area contributed by atoms with Gasteiger partial charge >= 0.3 is 0 Å². The first-order chi connectivity index (χ1) is 12.3. The minimum absolute atomic E-state index is 0.256. The van der Waals surface area contributed by atoms with Crippen LogP contribution in [0, 0.1) is 0 Å². The summed E-state index contributed by atoms with van der Waals surface area (Å²) in [5.41, 5.74) is 1.93. The summed E-state index contributed by atoms with van der Waals surface area (Å²) in [5.74, 6) is 1.58. The van der Waals surface area contributed by atoms with E-state index in [4.69, 9.17) is 9.47 Å².